The Labute approximate surface area is 71.0 Å². The van der Waals surface area contributed by atoms with Gasteiger partial charge in [-0.05, 0) is 13.8 Å². The molecule has 1 N–H and O–H groups in total. The number of anilines is 1. The number of hydrogen-bond donors (Lipinski definition) is 1. The van der Waals surface area contributed by atoms with E-state index in [1.807, 2.05) is 0 Å². The van der Waals surface area contributed by atoms with Gasteiger partial charge in [-0.1, -0.05) is 0 Å². The van der Waals surface area contributed by atoms with E-state index in [4.69, 9.17) is 0 Å². The molecule has 4 heteroatoms. The molecule has 0 bridgehead atoms. The summed E-state index contributed by atoms with van der Waals surface area (Å²) in [4.78, 5) is 7.58. The molecule has 1 aromatic heterocycles. The predicted molar refractivity (Wildman–Crippen MR) is 45.7 cm³/mol. The molecule has 0 aliphatic rings. The highest BCUT2D eigenvalue weighted by atomic mass is 19.1. The van der Waals surface area contributed by atoms with Crippen molar-refractivity contribution in [1.29, 1.82) is 0 Å². The van der Waals surface area contributed by atoms with E-state index in [1.54, 1.807) is 12.4 Å². The quantitative estimate of drug-likeness (QED) is 0.747. The molecule has 0 saturated carbocycles. The number of nitrogens with zero attached hydrogens (tertiary/aromatic N) is 2. The Hall–Kier alpha value is -1.19. The molecule has 66 valence electrons. The summed E-state index contributed by atoms with van der Waals surface area (Å²) < 4.78 is 13.0. The normalized spacial score (nSPS) is 11.2. The van der Waals surface area contributed by atoms with Crippen LogP contribution in [0.1, 0.15) is 13.8 Å². The van der Waals surface area contributed by atoms with E-state index in [-0.39, 0.29) is 6.54 Å². The topological polar surface area (TPSA) is 37.8 Å². The van der Waals surface area contributed by atoms with Crippen LogP contribution in [0.3, 0.4) is 0 Å². The van der Waals surface area contributed by atoms with Gasteiger partial charge in [-0.15, -0.1) is 0 Å². The van der Waals surface area contributed by atoms with Gasteiger partial charge >= 0.3 is 0 Å². The molecular weight excluding hydrogens is 157 g/mol. The number of rotatable bonds is 3. The molecule has 0 aliphatic heterocycles. The zero-order valence-electron chi connectivity index (χ0n) is 7.21. The fourth-order valence-corrected chi connectivity index (χ4v) is 0.703. The number of halogens is 1. The second kappa shape index (κ2) is 3.47. The first kappa shape index (κ1) is 8.90. The largest absolute Gasteiger partial charge is 0.379 e. The number of alkyl halides is 1. The zero-order chi connectivity index (χ0) is 9.03. The fraction of sp³-hybridized carbons (Fsp3) is 0.500. The summed E-state index contributed by atoms with van der Waals surface area (Å²) in [6, 6.07) is 0. The maximum absolute atomic E-state index is 13.0. The first-order valence-electron chi connectivity index (χ1n) is 3.76. The third kappa shape index (κ3) is 3.27. The lowest BCUT2D eigenvalue weighted by Gasteiger charge is -2.14. The van der Waals surface area contributed by atoms with E-state index >= 15 is 0 Å². The van der Waals surface area contributed by atoms with Crippen LogP contribution < -0.4 is 5.32 Å². The van der Waals surface area contributed by atoms with Gasteiger partial charge in [0, 0.05) is 6.54 Å². The molecule has 0 spiro atoms. The van der Waals surface area contributed by atoms with Gasteiger partial charge in [0.25, 0.3) is 0 Å². The summed E-state index contributed by atoms with van der Waals surface area (Å²) >= 11 is 0. The van der Waals surface area contributed by atoms with E-state index in [0.717, 1.165) is 5.69 Å². The lowest BCUT2D eigenvalue weighted by molar-refractivity contribution is 0.235. The van der Waals surface area contributed by atoms with Crippen molar-refractivity contribution in [2.75, 3.05) is 11.9 Å². The summed E-state index contributed by atoms with van der Waals surface area (Å²) in [5.41, 5.74) is -0.473. The van der Waals surface area contributed by atoms with Crippen LogP contribution in [0.5, 0.6) is 0 Å². The standard InChI is InChI=1S/C8H12FN3/c1-8(2,9)5-12-7-3-10-6-11-4-7/h3-4,6,12H,5H2,1-2H3. The molecule has 0 atom stereocenters. The second-order valence-corrected chi connectivity index (χ2v) is 3.20. The van der Waals surface area contributed by atoms with Crippen molar-refractivity contribution in [3.05, 3.63) is 18.7 Å². The maximum atomic E-state index is 13.0. The van der Waals surface area contributed by atoms with Crippen LogP contribution in [0.15, 0.2) is 18.7 Å². The molecule has 0 unspecified atom stereocenters. The Morgan fingerprint density at radius 2 is 2.00 bits per heavy atom. The first-order valence-corrected chi connectivity index (χ1v) is 3.76. The molecular formula is C8H12FN3. The Morgan fingerprint density at radius 3 is 2.50 bits per heavy atom. The van der Waals surface area contributed by atoms with Crippen LogP contribution in [0, 0.1) is 0 Å². The van der Waals surface area contributed by atoms with Gasteiger partial charge in [0.2, 0.25) is 0 Å². The van der Waals surface area contributed by atoms with Crippen molar-refractivity contribution >= 4 is 5.69 Å². The molecule has 0 aromatic carbocycles. The van der Waals surface area contributed by atoms with Gasteiger partial charge in [-0.2, -0.15) is 0 Å². The maximum Gasteiger partial charge on any atom is 0.122 e. The van der Waals surface area contributed by atoms with Crippen molar-refractivity contribution in [1.82, 2.24) is 9.97 Å². The van der Waals surface area contributed by atoms with Crippen molar-refractivity contribution < 1.29 is 4.39 Å². The van der Waals surface area contributed by atoms with Crippen molar-refractivity contribution in [3.63, 3.8) is 0 Å². The molecule has 1 heterocycles. The minimum atomic E-state index is -1.21. The van der Waals surface area contributed by atoms with Gasteiger partial charge in [0.15, 0.2) is 0 Å². The second-order valence-electron chi connectivity index (χ2n) is 3.20. The number of aromatic nitrogens is 2. The van der Waals surface area contributed by atoms with Crippen molar-refractivity contribution in [2.45, 2.75) is 19.5 Å². The summed E-state index contributed by atoms with van der Waals surface area (Å²) in [7, 11) is 0. The monoisotopic (exact) mass is 169 g/mol. The lowest BCUT2D eigenvalue weighted by Crippen LogP contribution is -2.24. The number of hydrogen-bond acceptors (Lipinski definition) is 3. The van der Waals surface area contributed by atoms with E-state index < -0.39 is 5.67 Å². The average Bonchev–Trinajstić information content (AvgIpc) is 2.02. The van der Waals surface area contributed by atoms with Crippen LogP contribution in [-0.4, -0.2) is 22.2 Å². The first-order chi connectivity index (χ1) is 5.58. The van der Waals surface area contributed by atoms with Gasteiger partial charge in [0.1, 0.15) is 12.0 Å². The zero-order valence-corrected chi connectivity index (χ0v) is 7.21. The van der Waals surface area contributed by atoms with E-state index in [1.165, 1.54) is 20.2 Å². The molecule has 12 heavy (non-hydrogen) atoms. The lowest BCUT2D eigenvalue weighted by atomic mass is 10.2. The highest BCUT2D eigenvalue weighted by Gasteiger charge is 2.14. The fourth-order valence-electron chi connectivity index (χ4n) is 0.703. The van der Waals surface area contributed by atoms with Crippen LogP contribution in [0.4, 0.5) is 10.1 Å². The molecule has 0 aliphatic carbocycles. The van der Waals surface area contributed by atoms with Gasteiger partial charge in [0.05, 0.1) is 18.1 Å². The highest BCUT2D eigenvalue weighted by Crippen LogP contribution is 2.09. The molecule has 1 aromatic rings. The summed E-state index contributed by atoms with van der Waals surface area (Å²) in [6.45, 7) is 3.30. The summed E-state index contributed by atoms with van der Waals surface area (Å²) in [5, 5.41) is 2.88. The molecule has 1 rings (SSSR count). The SMILES string of the molecule is CC(C)(F)CNc1cncnc1. The smallest absolute Gasteiger partial charge is 0.122 e. The van der Waals surface area contributed by atoms with Gasteiger partial charge < -0.3 is 5.32 Å². The Kier molecular flexibility index (Phi) is 2.58. The highest BCUT2D eigenvalue weighted by molar-refractivity contribution is 5.37. The van der Waals surface area contributed by atoms with Crippen LogP contribution in [0.25, 0.3) is 0 Å². The predicted octanol–water partition coefficient (Wildman–Crippen LogP) is 1.64. The van der Waals surface area contributed by atoms with E-state index in [9.17, 15) is 4.39 Å². The van der Waals surface area contributed by atoms with Crippen molar-refractivity contribution in [2.24, 2.45) is 0 Å². The Morgan fingerprint density at radius 1 is 1.42 bits per heavy atom. The number of nitrogens with one attached hydrogen (secondary N) is 1. The molecule has 3 nitrogen and oxygen atoms in total. The van der Waals surface area contributed by atoms with Crippen molar-refractivity contribution in [3.8, 4) is 0 Å². The molecule has 0 fully saturated rings. The van der Waals surface area contributed by atoms with Gasteiger partial charge in [-0.3, -0.25) is 0 Å². The molecule has 0 amide bonds. The van der Waals surface area contributed by atoms with Crippen LogP contribution >= 0.6 is 0 Å². The summed E-state index contributed by atoms with van der Waals surface area (Å²) in [6.07, 6.45) is 4.66. The minimum absolute atomic E-state index is 0.264. The van der Waals surface area contributed by atoms with Crippen LogP contribution in [-0.2, 0) is 0 Å². The Bertz CT molecular complexity index is 230. The Balaban J connectivity index is 2.44. The van der Waals surface area contributed by atoms with E-state index in [0.29, 0.717) is 0 Å². The van der Waals surface area contributed by atoms with Gasteiger partial charge in [-0.25, -0.2) is 14.4 Å². The third-order valence-corrected chi connectivity index (χ3v) is 1.27. The third-order valence-electron chi connectivity index (χ3n) is 1.27. The molecule has 0 saturated heterocycles. The minimum Gasteiger partial charge on any atom is -0.379 e. The summed E-state index contributed by atoms with van der Waals surface area (Å²) in [5.74, 6) is 0. The van der Waals surface area contributed by atoms with E-state index in [2.05, 4.69) is 15.3 Å². The average molecular weight is 169 g/mol. The van der Waals surface area contributed by atoms with Crippen LogP contribution in [0.2, 0.25) is 0 Å². The molecule has 0 radical (unpaired) electrons.